The molecule has 0 atom stereocenters. The van der Waals surface area contributed by atoms with E-state index in [4.69, 9.17) is 16.3 Å². The lowest BCUT2D eigenvalue weighted by Gasteiger charge is -2.19. The summed E-state index contributed by atoms with van der Waals surface area (Å²) in [6, 6.07) is 4.02. The van der Waals surface area contributed by atoms with Gasteiger partial charge in [0.2, 0.25) is 10.0 Å². The van der Waals surface area contributed by atoms with Crippen LogP contribution in [0.15, 0.2) is 23.1 Å². The van der Waals surface area contributed by atoms with Gasteiger partial charge in [-0.25, -0.2) is 18.2 Å². The molecule has 1 aromatic heterocycles. The molecule has 0 spiro atoms. The minimum atomic E-state index is -3.83. The Kier molecular flexibility index (Phi) is 7.75. The van der Waals surface area contributed by atoms with Gasteiger partial charge in [0.05, 0.1) is 17.3 Å². The number of carbonyl (C=O) groups excluding carboxylic acids is 2. The van der Waals surface area contributed by atoms with E-state index in [1.807, 2.05) is 0 Å². The highest BCUT2D eigenvalue weighted by atomic mass is 35.5. The zero-order valence-electron chi connectivity index (χ0n) is 16.5. The molecule has 1 heterocycles. The molecule has 1 amide bonds. The Morgan fingerprint density at radius 3 is 2.48 bits per heavy atom. The van der Waals surface area contributed by atoms with Crippen LogP contribution in [-0.4, -0.2) is 49.3 Å². The average molecular weight is 460 g/mol. The number of carbonyl (C=O) groups is 2. The number of thiazole rings is 1. The first kappa shape index (κ1) is 23.3. The average Bonchev–Trinajstić information content (AvgIpc) is 3.03. The predicted molar refractivity (Wildman–Crippen MR) is 112 cm³/mol. The topological polar surface area (TPSA) is 106 Å². The second-order valence-corrected chi connectivity index (χ2v) is 9.16. The van der Waals surface area contributed by atoms with Crippen molar-refractivity contribution >= 4 is 50.0 Å². The van der Waals surface area contributed by atoms with Crippen LogP contribution in [0.25, 0.3) is 0 Å². The van der Waals surface area contributed by atoms with Crippen molar-refractivity contribution in [2.45, 2.75) is 32.6 Å². The molecule has 0 unspecified atom stereocenters. The lowest BCUT2D eigenvalue weighted by molar-refractivity contribution is 0.0531. The normalized spacial score (nSPS) is 11.5. The summed E-state index contributed by atoms with van der Waals surface area (Å²) in [6.45, 7) is 7.55. The van der Waals surface area contributed by atoms with Gasteiger partial charge in [0, 0.05) is 18.7 Å². The van der Waals surface area contributed by atoms with Crippen LogP contribution < -0.4 is 5.32 Å². The first-order valence-electron chi connectivity index (χ1n) is 8.91. The second kappa shape index (κ2) is 9.66. The number of aryl methyl sites for hydroxylation is 1. The number of rotatable bonds is 8. The van der Waals surface area contributed by atoms with E-state index in [9.17, 15) is 18.0 Å². The van der Waals surface area contributed by atoms with Crippen molar-refractivity contribution < 1.29 is 22.7 Å². The molecule has 0 saturated heterocycles. The van der Waals surface area contributed by atoms with Gasteiger partial charge in [-0.3, -0.25) is 10.1 Å². The van der Waals surface area contributed by atoms with E-state index in [-0.39, 0.29) is 40.3 Å². The largest absolute Gasteiger partial charge is 0.462 e. The van der Waals surface area contributed by atoms with Crippen molar-refractivity contribution in [1.82, 2.24) is 9.29 Å². The summed E-state index contributed by atoms with van der Waals surface area (Å²) >= 11 is 7.08. The number of esters is 1. The van der Waals surface area contributed by atoms with Crippen molar-refractivity contribution in [2.24, 2.45) is 0 Å². The van der Waals surface area contributed by atoms with E-state index < -0.39 is 21.9 Å². The monoisotopic (exact) mass is 459 g/mol. The number of ether oxygens (including phenoxy) is 1. The molecular formula is C18H22ClN3O5S2. The van der Waals surface area contributed by atoms with Crippen molar-refractivity contribution in [2.75, 3.05) is 25.0 Å². The van der Waals surface area contributed by atoms with Crippen LogP contribution in [0.5, 0.6) is 0 Å². The quantitative estimate of drug-likeness (QED) is 0.605. The molecule has 0 aliphatic carbocycles. The van der Waals surface area contributed by atoms with Crippen LogP contribution in [0.1, 0.15) is 46.5 Å². The van der Waals surface area contributed by atoms with E-state index >= 15 is 0 Å². The molecule has 2 rings (SSSR count). The highest BCUT2D eigenvalue weighted by Gasteiger charge is 2.26. The number of anilines is 1. The van der Waals surface area contributed by atoms with Gasteiger partial charge in [-0.15, -0.1) is 0 Å². The third-order valence-corrected chi connectivity index (χ3v) is 7.58. The Bertz CT molecular complexity index is 1020. The van der Waals surface area contributed by atoms with E-state index in [0.29, 0.717) is 10.6 Å². The van der Waals surface area contributed by atoms with Gasteiger partial charge in [-0.2, -0.15) is 4.31 Å². The molecule has 0 aliphatic rings. The van der Waals surface area contributed by atoms with Gasteiger partial charge < -0.3 is 4.74 Å². The zero-order chi connectivity index (χ0) is 21.8. The van der Waals surface area contributed by atoms with Crippen LogP contribution in [0, 0.1) is 6.92 Å². The van der Waals surface area contributed by atoms with E-state index in [0.717, 1.165) is 11.3 Å². The molecule has 0 aliphatic heterocycles. The Hall–Kier alpha value is -2.01. The molecule has 158 valence electrons. The standard InChI is InChI=1S/C18H22ClN3O5S2/c1-5-22(6-2)29(25,26)14-10-12(8-9-13(14)19)16(23)21-18-20-11(4)15(28-18)17(24)27-7-3/h8-10H,5-7H2,1-4H3,(H,20,21,23). The summed E-state index contributed by atoms with van der Waals surface area (Å²) in [5.41, 5.74) is 0.537. The Balaban J connectivity index is 2.31. The Morgan fingerprint density at radius 1 is 1.24 bits per heavy atom. The summed E-state index contributed by atoms with van der Waals surface area (Å²) in [6.07, 6.45) is 0. The number of benzene rings is 1. The predicted octanol–water partition coefficient (Wildman–Crippen LogP) is 3.56. The maximum atomic E-state index is 12.8. The third-order valence-electron chi connectivity index (χ3n) is 3.99. The molecule has 0 bridgehead atoms. The van der Waals surface area contributed by atoms with E-state index in [1.54, 1.807) is 27.7 Å². The fourth-order valence-electron chi connectivity index (χ4n) is 2.55. The molecule has 11 heteroatoms. The van der Waals surface area contributed by atoms with Crippen LogP contribution in [0.2, 0.25) is 5.02 Å². The fourth-order valence-corrected chi connectivity index (χ4v) is 5.36. The molecule has 0 fully saturated rings. The minimum Gasteiger partial charge on any atom is -0.462 e. The van der Waals surface area contributed by atoms with Crippen molar-refractivity contribution in [3.8, 4) is 0 Å². The van der Waals surface area contributed by atoms with Gasteiger partial charge in [-0.05, 0) is 32.0 Å². The van der Waals surface area contributed by atoms with Gasteiger partial charge in [0.15, 0.2) is 5.13 Å². The van der Waals surface area contributed by atoms with Crippen LogP contribution in [-0.2, 0) is 14.8 Å². The summed E-state index contributed by atoms with van der Waals surface area (Å²) in [5, 5.41) is 2.82. The highest BCUT2D eigenvalue weighted by molar-refractivity contribution is 7.89. The SMILES string of the molecule is CCOC(=O)c1sc(NC(=O)c2ccc(Cl)c(S(=O)(=O)N(CC)CC)c2)nc1C. The number of aromatic nitrogens is 1. The molecule has 0 radical (unpaired) electrons. The number of sulfonamides is 1. The number of nitrogens with one attached hydrogen (secondary N) is 1. The van der Waals surface area contributed by atoms with Crippen molar-refractivity contribution in [1.29, 1.82) is 0 Å². The zero-order valence-corrected chi connectivity index (χ0v) is 18.9. The number of nitrogens with zero attached hydrogens (tertiary/aromatic N) is 2. The summed E-state index contributed by atoms with van der Waals surface area (Å²) in [4.78, 5) is 28.8. The smallest absolute Gasteiger partial charge is 0.350 e. The first-order valence-corrected chi connectivity index (χ1v) is 11.5. The van der Waals surface area contributed by atoms with Crippen LogP contribution >= 0.6 is 22.9 Å². The molecule has 8 nitrogen and oxygen atoms in total. The Morgan fingerprint density at radius 2 is 1.90 bits per heavy atom. The molecule has 0 saturated carbocycles. The van der Waals surface area contributed by atoms with E-state index in [2.05, 4.69) is 10.3 Å². The second-order valence-electron chi connectivity index (χ2n) is 5.84. The van der Waals surface area contributed by atoms with Gasteiger partial charge in [0.1, 0.15) is 9.77 Å². The molecule has 2 aromatic rings. The Labute approximate surface area is 178 Å². The minimum absolute atomic E-state index is 0.0307. The molecule has 1 N–H and O–H groups in total. The molecule has 1 aromatic carbocycles. The summed E-state index contributed by atoms with van der Waals surface area (Å²) < 4.78 is 31.8. The van der Waals surface area contributed by atoms with Crippen LogP contribution in [0.3, 0.4) is 0 Å². The summed E-state index contributed by atoms with van der Waals surface area (Å²) in [7, 11) is -3.83. The number of hydrogen-bond acceptors (Lipinski definition) is 7. The third kappa shape index (κ3) is 5.13. The summed E-state index contributed by atoms with van der Waals surface area (Å²) in [5.74, 6) is -1.08. The van der Waals surface area contributed by atoms with Crippen molar-refractivity contribution in [3.05, 3.63) is 39.4 Å². The number of halogens is 1. The van der Waals surface area contributed by atoms with Crippen molar-refractivity contribution in [3.63, 3.8) is 0 Å². The number of hydrogen-bond donors (Lipinski definition) is 1. The van der Waals surface area contributed by atoms with E-state index in [1.165, 1.54) is 22.5 Å². The van der Waals surface area contributed by atoms with Gasteiger partial charge >= 0.3 is 5.97 Å². The highest BCUT2D eigenvalue weighted by Crippen LogP contribution is 2.27. The van der Waals surface area contributed by atoms with Gasteiger partial charge in [0.25, 0.3) is 5.91 Å². The van der Waals surface area contributed by atoms with Crippen LogP contribution in [0.4, 0.5) is 5.13 Å². The lowest BCUT2D eigenvalue weighted by Crippen LogP contribution is -2.31. The lowest BCUT2D eigenvalue weighted by atomic mass is 10.2. The maximum Gasteiger partial charge on any atom is 0.350 e. The van der Waals surface area contributed by atoms with Gasteiger partial charge in [-0.1, -0.05) is 36.8 Å². The fraction of sp³-hybridized carbons (Fsp3) is 0.389. The first-order chi connectivity index (χ1) is 13.6. The maximum absolute atomic E-state index is 12.8. The molecule has 29 heavy (non-hydrogen) atoms. The number of amides is 1. The molecular weight excluding hydrogens is 438 g/mol.